The molecule has 0 unspecified atom stereocenters. The highest BCUT2D eigenvalue weighted by atomic mass is 19.3. The number of piperidine rings is 1. The molecular formula is C36H39F2N9O3. The van der Waals surface area contributed by atoms with Crippen LogP contribution in [0.25, 0.3) is 33.6 Å². The van der Waals surface area contributed by atoms with E-state index in [-0.39, 0.29) is 23.6 Å². The van der Waals surface area contributed by atoms with Crippen LogP contribution in [0.5, 0.6) is 5.75 Å². The topological polar surface area (TPSA) is 146 Å². The van der Waals surface area contributed by atoms with Crippen molar-refractivity contribution >= 4 is 33.9 Å². The van der Waals surface area contributed by atoms with Gasteiger partial charge in [0.25, 0.3) is 18.2 Å². The van der Waals surface area contributed by atoms with Crippen molar-refractivity contribution in [3.8, 4) is 17.3 Å². The predicted molar refractivity (Wildman–Crippen MR) is 182 cm³/mol. The second kappa shape index (κ2) is 12.4. The fraction of sp³-hybridized carbons (Fsp3) is 0.444. The molecule has 4 atom stereocenters. The highest BCUT2D eigenvalue weighted by Crippen LogP contribution is 2.40. The zero-order chi connectivity index (χ0) is 34.8. The lowest BCUT2D eigenvalue weighted by molar-refractivity contribution is 0.0603. The van der Waals surface area contributed by atoms with Gasteiger partial charge in [0.05, 0.1) is 35.6 Å². The smallest absolute Gasteiger partial charge is 0.297 e. The van der Waals surface area contributed by atoms with Crippen LogP contribution in [0.1, 0.15) is 83.7 Å². The number of methoxy groups -OCH3 is 1. The number of hydrogen-bond acceptors (Lipinski definition) is 8. The number of aromatic nitrogens is 6. The Morgan fingerprint density at radius 1 is 1.06 bits per heavy atom. The minimum Gasteiger partial charge on any atom is -0.494 e. The maximum absolute atomic E-state index is 13.9. The summed E-state index contributed by atoms with van der Waals surface area (Å²) in [7, 11) is 3.55. The van der Waals surface area contributed by atoms with Crippen LogP contribution in [-0.4, -0.2) is 71.5 Å². The van der Waals surface area contributed by atoms with Crippen molar-refractivity contribution in [3.05, 3.63) is 65.4 Å². The van der Waals surface area contributed by atoms with Crippen molar-refractivity contribution in [2.24, 2.45) is 24.6 Å². The number of nitrogens with two attached hydrogens (primary N) is 1. The number of aryl methyl sites for hydroxylation is 1. The van der Waals surface area contributed by atoms with Gasteiger partial charge in [0.15, 0.2) is 11.6 Å². The number of fused-ring (bicyclic) bond motifs is 4. The van der Waals surface area contributed by atoms with E-state index in [1.807, 2.05) is 47.7 Å². The number of carbonyl (C=O) groups is 2. The highest BCUT2D eigenvalue weighted by Gasteiger charge is 2.41. The van der Waals surface area contributed by atoms with Gasteiger partial charge in [0.2, 0.25) is 0 Å². The van der Waals surface area contributed by atoms with Crippen molar-refractivity contribution in [3.63, 3.8) is 0 Å². The number of likely N-dealkylation sites (tertiary alicyclic amines) is 1. The molecule has 50 heavy (non-hydrogen) atoms. The Labute approximate surface area is 287 Å². The normalized spacial score (nSPS) is 20.9. The van der Waals surface area contributed by atoms with E-state index in [4.69, 9.17) is 20.4 Å². The molecule has 2 amide bonds. The molecule has 14 heteroatoms. The van der Waals surface area contributed by atoms with Crippen LogP contribution in [0.4, 0.5) is 8.78 Å². The first-order valence-electron chi connectivity index (χ1n) is 17.1. The van der Waals surface area contributed by atoms with Crippen LogP contribution >= 0.6 is 0 Å². The monoisotopic (exact) mass is 683 g/mol. The molecule has 2 saturated carbocycles. The molecule has 1 aromatic carbocycles. The largest absolute Gasteiger partial charge is 0.494 e. The first-order chi connectivity index (χ1) is 24.1. The van der Waals surface area contributed by atoms with Gasteiger partial charge < -0.3 is 29.8 Å². The second-order valence-corrected chi connectivity index (χ2v) is 13.9. The third kappa shape index (κ3) is 5.64. The molecule has 0 spiro atoms. The summed E-state index contributed by atoms with van der Waals surface area (Å²) in [5, 5.41) is 3.80. The first-order valence-corrected chi connectivity index (χ1v) is 17.1. The Morgan fingerprint density at radius 3 is 2.56 bits per heavy atom. The van der Waals surface area contributed by atoms with E-state index in [0.717, 1.165) is 79.1 Å². The Kier molecular flexibility index (Phi) is 8.00. The summed E-state index contributed by atoms with van der Waals surface area (Å²) in [5.41, 5.74) is 10.8. The van der Waals surface area contributed by atoms with E-state index in [9.17, 15) is 18.4 Å². The van der Waals surface area contributed by atoms with Gasteiger partial charge in [-0.2, -0.15) is 0 Å². The predicted octanol–water partition coefficient (Wildman–Crippen LogP) is 5.18. The average Bonchev–Trinajstić information content (AvgIpc) is 3.58. The quantitative estimate of drug-likeness (QED) is 0.216. The molecule has 5 heterocycles. The lowest BCUT2D eigenvalue weighted by Gasteiger charge is -2.37. The number of carbonyl (C=O) groups excluding carboxylic acids is 2. The third-order valence-corrected chi connectivity index (χ3v) is 10.6. The van der Waals surface area contributed by atoms with E-state index in [1.54, 1.807) is 7.11 Å². The Morgan fingerprint density at radius 2 is 1.84 bits per heavy atom. The number of amides is 2. The number of nitrogens with one attached hydrogen (secondary N) is 1. The van der Waals surface area contributed by atoms with E-state index in [1.165, 1.54) is 0 Å². The van der Waals surface area contributed by atoms with Crippen molar-refractivity contribution in [2.75, 3.05) is 13.7 Å². The van der Waals surface area contributed by atoms with Crippen LogP contribution in [-0.2, 0) is 13.6 Å². The van der Waals surface area contributed by atoms with Crippen LogP contribution in [0.15, 0.2) is 42.7 Å². The van der Waals surface area contributed by atoms with Crippen LogP contribution < -0.4 is 15.8 Å². The molecule has 4 aromatic heterocycles. The molecule has 1 aliphatic heterocycles. The molecule has 3 aliphatic rings. The maximum atomic E-state index is 13.9. The van der Waals surface area contributed by atoms with Crippen molar-refractivity contribution in [1.29, 1.82) is 0 Å². The number of hydrogen-bond donors (Lipinski definition) is 2. The number of ether oxygens (including phenoxy) is 1. The summed E-state index contributed by atoms with van der Waals surface area (Å²) < 4.78 is 35.8. The third-order valence-electron chi connectivity index (χ3n) is 10.6. The Hall–Kier alpha value is -4.98. The standard InChI is InChI=1S/C36H39F2N9O3/c1-18(42-35(48)23-14-40-32(31(37)38)41-15-23)26-9-7-21-12-28(47(33(21)43-26)16-19-4-5-19)34-44-27-11-22(13-29(50-3)30(27)45(34)2)36(49)46-17-25(39)20-6-8-24(46)10-20/h7,9,11-15,18-20,24-25,31H,4-6,8,10,16-17,39H2,1-3H3,(H,42,48)/t18-,20+,24-,25+/m1/s1. The molecule has 2 aliphatic carbocycles. The van der Waals surface area contributed by atoms with Crippen LogP contribution in [0.2, 0.25) is 0 Å². The lowest BCUT2D eigenvalue weighted by Crippen LogP contribution is -2.51. The van der Waals surface area contributed by atoms with E-state index in [0.29, 0.717) is 40.9 Å². The number of imidazole rings is 1. The molecule has 1 saturated heterocycles. The number of nitrogens with zero attached hydrogens (tertiary/aromatic N) is 7. The zero-order valence-corrected chi connectivity index (χ0v) is 28.1. The molecule has 12 nitrogen and oxygen atoms in total. The number of benzene rings is 1. The fourth-order valence-electron chi connectivity index (χ4n) is 7.66. The summed E-state index contributed by atoms with van der Waals surface area (Å²) in [6, 6.07) is 9.30. The number of pyridine rings is 1. The van der Waals surface area contributed by atoms with Gasteiger partial charge in [0, 0.05) is 55.6 Å². The first kappa shape index (κ1) is 32.2. The molecule has 5 aromatic rings. The second-order valence-electron chi connectivity index (χ2n) is 13.9. The summed E-state index contributed by atoms with van der Waals surface area (Å²) in [5.74, 6) is 1.13. The Bertz CT molecular complexity index is 2120. The van der Waals surface area contributed by atoms with Gasteiger partial charge in [-0.05, 0) is 81.2 Å². The number of rotatable bonds is 9. The number of halogens is 2. The van der Waals surface area contributed by atoms with Crippen molar-refractivity contribution in [2.45, 2.75) is 70.1 Å². The van der Waals surface area contributed by atoms with Gasteiger partial charge in [-0.1, -0.05) is 0 Å². The summed E-state index contributed by atoms with van der Waals surface area (Å²) in [4.78, 5) is 46.0. The van der Waals surface area contributed by atoms with E-state index >= 15 is 0 Å². The average molecular weight is 684 g/mol. The molecule has 0 radical (unpaired) electrons. The summed E-state index contributed by atoms with van der Waals surface area (Å²) in [6.07, 6.45) is 4.63. The van der Waals surface area contributed by atoms with Gasteiger partial charge in [-0.15, -0.1) is 0 Å². The molecular weight excluding hydrogens is 644 g/mol. The molecule has 3 N–H and O–H groups in total. The minimum atomic E-state index is -2.81. The molecule has 8 rings (SSSR count). The van der Waals surface area contributed by atoms with Gasteiger partial charge >= 0.3 is 0 Å². The van der Waals surface area contributed by atoms with E-state index in [2.05, 4.69) is 25.9 Å². The van der Waals surface area contributed by atoms with Crippen molar-refractivity contribution in [1.82, 2.24) is 39.3 Å². The van der Waals surface area contributed by atoms with Crippen LogP contribution in [0, 0.1) is 11.8 Å². The van der Waals surface area contributed by atoms with Crippen molar-refractivity contribution < 1.29 is 23.1 Å². The van der Waals surface area contributed by atoms with Gasteiger partial charge in [-0.25, -0.2) is 28.7 Å². The maximum Gasteiger partial charge on any atom is 0.297 e. The van der Waals surface area contributed by atoms with Crippen LogP contribution in [0.3, 0.4) is 0 Å². The minimum absolute atomic E-state index is 0.00592. The summed E-state index contributed by atoms with van der Waals surface area (Å²) >= 11 is 0. The fourth-order valence-corrected chi connectivity index (χ4v) is 7.66. The zero-order valence-electron chi connectivity index (χ0n) is 28.1. The number of alkyl halides is 2. The van der Waals surface area contributed by atoms with E-state index < -0.39 is 24.2 Å². The summed E-state index contributed by atoms with van der Waals surface area (Å²) in [6.45, 7) is 3.13. The molecule has 2 bridgehead atoms. The molecule has 260 valence electrons. The Balaban J connectivity index is 1.13. The molecule has 3 fully saturated rings. The lowest BCUT2D eigenvalue weighted by atomic mass is 9.94. The van der Waals surface area contributed by atoms with Gasteiger partial charge in [-0.3, -0.25) is 9.59 Å². The highest BCUT2D eigenvalue weighted by molar-refractivity contribution is 6.00. The van der Waals surface area contributed by atoms with Gasteiger partial charge in [0.1, 0.15) is 16.9 Å². The SMILES string of the molecule is COc1cc(C(=O)N2C[C@H](N)[C@H]3CC[C@@H]2C3)cc2nc(-c3cc4ccc([C@@H](C)NC(=O)c5cnc(C(F)F)nc5)nc4n3CC3CC3)n(C)c12.